The summed E-state index contributed by atoms with van der Waals surface area (Å²) in [6.45, 7) is 3.84. The number of carbonyl (C=O) groups is 2. The maximum Gasteiger partial charge on any atom is 0.251 e. The number of likely N-dealkylation sites (tertiary alicyclic amines) is 1. The Morgan fingerprint density at radius 1 is 1.35 bits per heavy atom. The normalized spacial score (nSPS) is 17.2. The number of halogens is 1. The Morgan fingerprint density at radius 2 is 2.12 bits per heavy atom. The third-order valence-corrected chi connectivity index (χ3v) is 5.35. The Kier molecular flexibility index (Phi) is 5.98. The molecule has 26 heavy (non-hydrogen) atoms. The van der Waals surface area contributed by atoms with Crippen molar-refractivity contribution in [2.45, 2.75) is 26.2 Å². The van der Waals surface area contributed by atoms with Gasteiger partial charge in [-0.3, -0.25) is 9.59 Å². The number of nitrogens with zero attached hydrogens (tertiary/aromatic N) is 2. The summed E-state index contributed by atoms with van der Waals surface area (Å²) in [5.41, 5.74) is 1.26. The van der Waals surface area contributed by atoms with Crippen molar-refractivity contribution in [3.8, 4) is 0 Å². The number of hydrogen-bond donors (Lipinski definition) is 1. The van der Waals surface area contributed by atoms with Gasteiger partial charge in [-0.05, 0) is 49.9 Å². The fourth-order valence-electron chi connectivity index (χ4n) is 3.15. The zero-order valence-electron chi connectivity index (χ0n) is 14.7. The Hall–Kier alpha value is -2.28. The molecule has 1 aliphatic heterocycles. The molecule has 138 valence electrons. The molecule has 0 bridgehead atoms. The fraction of sp³-hybridized carbons (Fsp3) is 0.421. The molecule has 1 unspecified atom stereocenters. The molecular formula is C19H22FN3O2S. The van der Waals surface area contributed by atoms with E-state index in [0.29, 0.717) is 25.1 Å². The highest BCUT2D eigenvalue weighted by atomic mass is 32.1. The van der Waals surface area contributed by atoms with Gasteiger partial charge in [0.15, 0.2) is 0 Å². The number of amides is 2. The van der Waals surface area contributed by atoms with Crippen molar-refractivity contribution in [1.82, 2.24) is 15.2 Å². The van der Waals surface area contributed by atoms with Crippen LogP contribution in [0.3, 0.4) is 0 Å². The minimum absolute atomic E-state index is 0.0878. The molecule has 1 fully saturated rings. The largest absolute Gasteiger partial charge is 0.352 e. The molecule has 5 nitrogen and oxygen atoms in total. The molecule has 1 atom stereocenters. The van der Waals surface area contributed by atoms with Gasteiger partial charge in [-0.25, -0.2) is 9.37 Å². The number of aryl methyl sites for hydroxylation is 1. The highest BCUT2D eigenvalue weighted by Crippen LogP contribution is 2.18. The molecule has 1 aliphatic rings. The molecule has 0 radical (unpaired) electrons. The number of aromatic nitrogens is 1. The van der Waals surface area contributed by atoms with Gasteiger partial charge in [0.05, 0.1) is 17.1 Å². The molecule has 1 aromatic carbocycles. The first kappa shape index (κ1) is 18.5. The number of thiazole rings is 1. The fourth-order valence-corrected chi connectivity index (χ4v) is 3.77. The highest BCUT2D eigenvalue weighted by molar-refractivity contribution is 7.09. The van der Waals surface area contributed by atoms with Crippen LogP contribution in [0.1, 0.15) is 33.9 Å². The van der Waals surface area contributed by atoms with Crippen LogP contribution >= 0.6 is 11.3 Å². The van der Waals surface area contributed by atoms with Gasteiger partial charge in [-0.2, -0.15) is 0 Å². The quantitative estimate of drug-likeness (QED) is 0.874. The molecule has 0 aliphatic carbocycles. The van der Waals surface area contributed by atoms with Crippen molar-refractivity contribution in [2.75, 3.05) is 19.6 Å². The molecule has 7 heteroatoms. The van der Waals surface area contributed by atoms with Crippen molar-refractivity contribution in [1.29, 1.82) is 0 Å². The van der Waals surface area contributed by atoms with E-state index in [9.17, 15) is 14.0 Å². The van der Waals surface area contributed by atoms with E-state index in [2.05, 4.69) is 10.3 Å². The lowest BCUT2D eigenvalue weighted by Gasteiger charge is -2.32. The first-order chi connectivity index (χ1) is 12.5. The minimum Gasteiger partial charge on any atom is -0.352 e. The lowest BCUT2D eigenvalue weighted by atomic mass is 9.97. The van der Waals surface area contributed by atoms with Crippen LogP contribution in [0.15, 0.2) is 29.6 Å². The van der Waals surface area contributed by atoms with Crippen molar-refractivity contribution in [2.24, 2.45) is 5.92 Å². The van der Waals surface area contributed by atoms with Crippen LogP contribution in [0.5, 0.6) is 0 Å². The van der Waals surface area contributed by atoms with Gasteiger partial charge in [-0.1, -0.05) is 0 Å². The first-order valence-electron chi connectivity index (χ1n) is 8.74. The predicted molar refractivity (Wildman–Crippen MR) is 98.6 cm³/mol. The smallest absolute Gasteiger partial charge is 0.251 e. The van der Waals surface area contributed by atoms with E-state index in [-0.39, 0.29) is 23.5 Å². The van der Waals surface area contributed by atoms with E-state index in [1.54, 1.807) is 11.3 Å². The number of rotatable bonds is 5. The molecule has 3 rings (SSSR count). The molecule has 0 spiro atoms. The van der Waals surface area contributed by atoms with E-state index in [0.717, 1.165) is 30.1 Å². The Balaban J connectivity index is 1.49. The average molecular weight is 375 g/mol. The van der Waals surface area contributed by atoms with E-state index in [4.69, 9.17) is 0 Å². The third-order valence-electron chi connectivity index (χ3n) is 4.53. The molecule has 1 saturated heterocycles. The zero-order valence-corrected chi connectivity index (χ0v) is 15.5. The third kappa shape index (κ3) is 4.88. The van der Waals surface area contributed by atoms with Crippen LogP contribution < -0.4 is 5.32 Å². The maximum absolute atomic E-state index is 12.9. The number of nitrogens with one attached hydrogen (secondary N) is 1. The van der Waals surface area contributed by atoms with Crippen molar-refractivity contribution >= 4 is 23.2 Å². The number of hydrogen-bond acceptors (Lipinski definition) is 4. The summed E-state index contributed by atoms with van der Waals surface area (Å²) in [5.74, 6) is -0.260. The average Bonchev–Trinajstić information content (AvgIpc) is 3.05. The van der Waals surface area contributed by atoms with Gasteiger partial charge >= 0.3 is 0 Å². The first-order valence-corrected chi connectivity index (χ1v) is 9.62. The molecule has 1 N–H and O–H groups in total. The van der Waals surface area contributed by atoms with Gasteiger partial charge in [0.1, 0.15) is 5.82 Å². The predicted octanol–water partition coefficient (Wildman–Crippen LogP) is 2.80. The second-order valence-corrected chi connectivity index (χ2v) is 7.66. The Labute approximate surface area is 156 Å². The van der Waals surface area contributed by atoms with Crippen molar-refractivity contribution < 1.29 is 14.0 Å². The van der Waals surface area contributed by atoms with E-state index < -0.39 is 0 Å². The van der Waals surface area contributed by atoms with Gasteiger partial charge in [-0.15, -0.1) is 11.3 Å². The van der Waals surface area contributed by atoms with Gasteiger partial charge in [0.25, 0.3) is 5.91 Å². The molecule has 2 heterocycles. The van der Waals surface area contributed by atoms with Crippen molar-refractivity contribution in [3.63, 3.8) is 0 Å². The minimum atomic E-state index is -0.363. The van der Waals surface area contributed by atoms with Gasteiger partial charge in [0.2, 0.25) is 5.91 Å². The second kappa shape index (κ2) is 8.40. The van der Waals surface area contributed by atoms with E-state index in [1.165, 1.54) is 24.3 Å². The monoisotopic (exact) mass is 375 g/mol. The summed E-state index contributed by atoms with van der Waals surface area (Å²) in [6.07, 6.45) is 2.24. The van der Waals surface area contributed by atoms with Crippen LogP contribution in [0.4, 0.5) is 4.39 Å². The number of carbonyl (C=O) groups excluding carboxylic acids is 2. The molecule has 0 saturated carbocycles. The standard InChI is InChI=1S/C19H22FN3O2S/c1-13-22-17(12-26-13)9-18(24)23-8-2-3-14(11-23)10-21-19(25)15-4-6-16(20)7-5-15/h4-7,12,14H,2-3,8-11H2,1H3,(H,21,25). The summed E-state index contributed by atoms with van der Waals surface area (Å²) in [4.78, 5) is 30.8. The summed E-state index contributed by atoms with van der Waals surface area (Å²) in [6, 6.07) is 5.49. The Bertz CT molecular complexity index is 775. The highest BCUT2D eigenvalue weighted by Gasteiger charge is 2.24. The van der Waals surface area contributed by atoms with Crippen LogP contribution in [-0.2, 0) is 11.2 Å². The summed E-state index contributed by atoms with van der Waals surface area (Å²) in [5, 5.41) is 5.78. The van der Waals surface area contributed by atoms with Crippen LogP contribution in [0.2, 0.25) is 0 Å². The summed E-state index contributed by atoms with van der Waals surface area (Å²) in [7, 11) is 0. The maximum atomic E-state index is 12.9. The zero-order chi connectivity index (χ0) is 18.5. The van der Waals surface area contributed by atoms with Crippen LogP contribution in [0, 0.1) is 18.7 Å². The van der Waals surface area contributed by atoms with Gasteiger partial charge in [0, 0.05) is 30.6 Å². The molecule has 2 aromatic rings. The lowest BCUT2D eigenvalue weighted by Crippen LogP contribution is -2.44. The molecule has 1 aromatic heterocycles. The summed E-state index contributed by atoms with van der Waals surface area (Å²) < 4.78 is 12.9. The lowest BCUT2D eigenvalue weighted by molar-refractivity contribution is -0.132. The van der Waals surface area contributed by atoms with E-state index >= 15 is 0 Å². The Morgan fingerprint density at radius 3 is 2.81 bits per heavy atom. The SMILES string of the molecule is Cc1nc(CC(=O)N2CCCC(CNC(=O)c3ccc(F)cc3)C2)cs1. The molecule has 2 amide bonds. The van der Waals surface area contributed by atoms with Gasteiger partial charge < -0.3 is 10.2 Å². The van der Waals surface area contributed by atoms with Crippen LogP contribution in [-0.4, -0.2) is 41.3 Å². The number of benzene rings is 1. The second-order valence-electron chi connectivity index (χ2n) is 6.60. The van der Waals surface area contributed by atoms with Crippen LogP contribution in [0.25, 0.3) is 0 Å². The van der Waals surface area contributed by atoms with E-state index in [1.807, 2.05) is 17.2 Å². The molecular weight excluding hydrogens is 353 g/mol. The number of piperidine rings is 1. The summed E-state index contributed by atoms with van der Waals surface area (Å²) >= 11 is 1.55. The van der Waals surface area contributed by atoms with Crippen molar-refractivity contribution in [3.05, 3.63) is 51.7 Å². The topological polar surface area (TPSA) is 62.3 Å².